The van der Waals surface area contributed by atoms with Gasteiger partial charge in [0, 0.05) is 32.4 Å². The molecule has 0 aromatic carbocycles. The van der Waals surface area contributed by atoms with Crippen molar-refractivity contribution >= 4 is 11.8 Å². The van der Waals surface area contributed by atoms with Crippen molar-refractivity contribution < 1.29 is 9.59 Å². The number of carbonyl (C=O) groups is 2. The number of nitrogens with zero attached hydrogens (tertiary/aromatic N) is 4. The number of aromatic nitrogens is 2. The summed E-state index contributed by atoms with van der Waals surface area (Å²) < 4.78 is 1.69. The number of likely N-dealkylation sites (N-methyl/N-ethyl adjacent to an activating group) is 1. The fourth-order valence-electron chi connectivity index (χ4n) is 2.18. The summed E-state index contributed by atoms with van der Waals surface area (Å²) in [6.07, 6.45) is 3.57. The first-order valence-electron chi connectivity index (χ1n) is 5.96. The molecule has 2 amide bonds. The second kappa shape index (κ2) is 4.44. The number of rotatable bonds is 2. The van der Waals surface area contributed by atoms with Gasteiger partial charge in [-0.3, -0.25) is 14.3 Å². The van der Waals surface area contributed by atoms with Gasteiger partial charge in [0.05, 0.1) is 6.20 Å². The highest BCUT2D eigenvalue weighted by atomic mass is 16.2. The van der Waals surface area contributed by atoms with Gasteiger partial charge in [0.1, 0.15) is 12.1 Å². The molecule has 0 spiro atoms. The smallest absolute Gasteiger partial charge is 0.246 e. The molecule has 2 rings (SSSR count). The highest BCUT2D eigenvalue weighted by Crippen LogP contribution is 2.18. The molecule has 1 aliphatic heterocycles. The van der Waals surface area contributed by atoms with Crippen molar-refractivity contribution in [1.29, 1.82) is 0 Å². The Kier molecular flexibility index (Phi) is 3.11. The summed E-state index contributed by atoms with van der Waals surface area (Å²) in [5.41, 5.74) is 0.933. The lowest BCUT2D eigenvalue weighted by Gasteiger charge is -2.40. The van der Waals surface area contributed by atoms with E-state index in [0.717, 1.165) is 5.56 Å². The fraction of sp³-hybridized carbons (Fsp3) is 0.583. The van der Waals surface area contributed by atoms with E-state index in [1.807, 2.05) is 13.2 Å². The summed E-state index contributed by atoms with van der Waals surface area (Å²) in [6, 6.07) is -0.815. The first-order chi connectivity index (χ1) is 8.41. The molecule has 1 aromatic rings. The van der Waals surface area contributed by atoms with Gasteiger partial charge in [-0.2, -0.15) is 5.10 Å². The topological polar surface area (TPSA) is 58.4 Å². The van der Waals surface area contributed by atoms with Gasteiger partial charge >= 0.3 is 0 Å². The van der Waals surface area contributed by atoms with Crippen molar-refractivity contribution in [2.24, 2.45) is 7.05 Å². The fourth-order valence-corrected chi connectivity index (χ4v) is 2.18. The summed E-state index contributed by atoms with van der Waals surface area (Å²) in [6.45, 7) is 3.94. The maximum absolute atomic E-state index is 12.2. The van der Waals surface area contributed by atoms with Crippen LogP contribution in [0.5, 0.6) is 0 Å². The number of piperazine rings is 1. The lowest BCUT2D eigenvalue weighted by atomic mass is 10.1. The lowest BCUT2D eigenvalue weighted by Crippen LogP contribution is -2.61. The molecule has 0 radical (unpaired) electrons. The Morgan fingerprint density at radius 3 is 2.39 bits per heavy atom. The number of hydrogen-bond donors (Lipinski definition) is 0. The molecular weight excluding hydrogens is 232 g/mol. The molecule has 0 bridgehead atoms. The molecule has 2 atom stereocenters. The van der Waals surface area contributed by atoms with Crippen LogP contribution in [0.1, 0.15) is 19.4 Å². The SMILES string of the molecule is C[C@H]1C(=O)N(Cc2cnn(C)c2)[C@@H](C)C(=O)N1C. The molecule has 18 heavy (non-hydrogen) atoms. The normalized spacial score (nSPS) is 24.9. The summed E-state index contributed by atoms with van der Waals surface area (Å²) in [7, 11) is 3.50. The Labute approximate surface area is 106 Å². The van der Waals surface area contributed by atoms with Crippen LogP contribution in [0.25, 0.3) is 0 Å². The molecule has 0 unspecified atom stereocenters. The minimum atomic E-state index is -0.418. The van der Waals surface area contributed by atoms with Gasteiger partial charge in [-0.25, -0.2) is 0 Å². The van der Waals surface area contributed by atoms with E-state index in [0.29, 0.717) is 6.54 Å². The quantitative estimate of drug-likeness (QED) is 0.742. The first-order valence-corrected chi connectivity index (χ1v) is 5.96. The van der Waals surface area contributed by atoms with Gasteiger partial charge in [0.2, 0.25) is 11.8 Å². The van der Waals surface area contributed by atoms with Gasteiger partial charge < -0.3 is 9.80 Å². The Bertz CT molecular complexity index is 482. The van der Waals surface area contributed by atoms with Crippen LogP contribution in [-0.2, 0) is 23.2 Å². The first kappa shape index (κ1) is 12.6. The number of hydrogen-bond acceptors (Lipinski definition) is 3. The van der Waals surface area contributed by atoms with E-state index in [-0.39, 0.29) is 11.8 Å². The third-order valence-electron chi connectivity index (χ3n) is 3.51. The lowest BCUT2D eigenvalue weighted by molar-refractivity contribution is -0.159. The van der Waals surface area contributed by atoms with E-state index in [1.54, 1.807) is 36.7 Å². The summed E-state index contributed by atoms with van der Waals surface area (Å²) >= 11 is 0. The van der Waals surface area contributed by atoms with Crippen LogP contribution in [-0.4, -0.2) is 50.5 Å². The van der Waals surface area contributed by atoms with Gasteiger partial charge in [0.25, 0.3) is 0 Å². The van der Waals surface area contributed by atoms with E-state index in [9.17, 15) is 9.59 Å². The molecule has 1 fully saturated rings. The molecule has 0 N–H and O–H groups in total. The van der Waals surface area contributed by atoms with Crippen molar-refractivity contribution in [2.45, 2.75) is 32.5 Å². The van der Waals surface area contributed by atoms with Gasteiger partial charge in [0.15, 0.2) is 0 Å². The number of amides is 2. The van der Waals surface area contributed by atoms with Gasteiger partial charge in [-0.15, -0.1) is 0 Å². The van der Waals surface area contributed by atoms with Crippen molar-refractivity contribution in [3.8, 4) is 0 Å². The monoisotopic (exact) mass is 250 g/mol. The van der Waals surface area contributed by atoms with Crippen molar-refractivity contribution in [3.63, 3.8) is 0 Å². The maximum atomic E-state index is 12.2. The number of aryl methyl sites for hydroxylation is 1. The maximum Gasteiger partial charge on any atom is 0.246 e. The average molecular weight is 250 g/mol. The predicted octanol–water partition coefficient (Wildman–Crippen LogP) is -0.00230. The predicted molar refractivity (Wildman–Crippen MR) is 65.5 cm³/mol. The molecule has 0 saturated carbocycles. The molecular formula is C12H18N4O2. The van der Waals surface area contributed by atoms with Crippen LogP contribution < -0.4 is 0 Å². The zero-order chi connectivity index (χ0) is 13.4. The van der Waals surface area contributed by atoms with Gasteiger partial charge in [-0.05, 0) is 13.8 Å². The second-order valence-corrected chi connectivity index (χ2v) is 4.79. The van der Waals surface area contributed by atoms with E-state index in [2.05, 4.69) is 5.10 Å². The number of carbonyl (C=O) groups excluding carboxylic acids is 2. The van der Waals surface area contributed by atoms with E-state index >= 15 is 0 Å². The van der Waals surface area contributed by atoms with E-state index in [4.69, 9.17) is 0 Å². The molecule has 6 heteroatoms. The Hall–Kier alpha value is -1.85. The zero-order valence-corrected chi connectivity index (χ0v) is 11.1. The van der Waals surface area contributed by atoms with Crippen LogP contribution in [0.4, 0.5) is 0 Å². The van der Waals surface area contributed by atoms with Crippen LogP contribution in [0.3, 0.4) is 0 Å². The third-order valence-corrected chi connectivity index (χ3v) is 3.51. The molecule has 0 aliphatic carbocycles. The Morgan fingerprint density at radius 1 is 1.17 bits per heavy atom. The van der Waals surface area contributed by atoms with Crippen LogP contribution >= 0.6 is 0 Å². The molecule has 1 aromatic heterocycles. The summed E-state index contributed by atoms with van der Waals surface area (Å²) in [5, 5.41) is 4.07. The minimum Gasteiger partial charge on any atom is -0.332 e. The van der Waals surface area contributed by atoms with E-state index < -0.39 is 12.1 Å². The largest absolute Gasteiger partial charge is 0.332 e. The highest BCUT2D eigenvalue weighted by Gasteiger charge is 2.39. The van der Waals surface area contributed by atoms with Crippen molar-refractivity contribution in [2.75, 3.05) is 7.05 Å². The third kappa shape index (κ3) is 1.98. The molecule has 2 heterocycles. The standard InChI is InChI=1S/C12H18N4O2/c1-8-12(18)16(9(2)11(17)15(8)4)7-10-5-13-14(3)6-10/h5-6,8-9H,7H2,1-4H3/t8-,9-/m0/s1. The van der Waals surface area contributed by atoms with Crippen LogP contribution in [0.15, 0.2) is 12.4 Å². The molecule has 98 valence electrons. The summed E-state index contributed by atoms with van der Waals surface area (Å²) in [4.78, 5) is 27.3. The molecule has 6 nitrogen and oxygen atoms in total. The second-order valence-electron chi connectivity index (χ2n) is 4.79. The zero-order valence-electron chi connectivity index (χ0n) is 11.1. The molecule has 1 saturated heterocycles. The van der Waals surface area contributed by atoms with E-state index in [1.165, 1.54) is 4.90 Å². The van der Waals surface area contributed by atoms with Crippen molar-refractivity contribution in [3.05, 3.63) is 18.0 Å². The van der Waals surface area contributed by atoms with Crippen LogP contribution in [0.2, 0.25) is 0 Å². The van der Waals surface area contributed by atoms with Crippen LogP contribution in [0, 0.1) is 0 Å². The summed E-state index contributed by atoms with van der Waals surface area (Å²) in [5.74, 6) is -0.0422. The Morgan fingerprint density at radius 2 is 1.83 bits per heavy atom. The average Bonchev–Trinajstić information content (AvgIpc) is 2.75. The Balaban J connectivity index is 2.20. The molecule has 1 aliphatic rings. The highest BCUT2D eigenvalue weighted by molar-refractivity contribution is 5.96. The van der Waals surface area contributed by atoms with Crippen molar-refractivity contribution in [1.82, 2.24) is 19.6 Å². The minimum absolute atomic E-state index is 0.0200. The van der Waals surface area contributed by atoms with Gasteiger partial charge in [-0.1, -0.05) is 0 Å².